The van der Waals surface area contributed by atoms with E-state index in [-0.39, 0.29) is 0 Å². The van der Waals surface area contributed by atoms with Crippen LogP contribution in [0.4, 0.5) is 11.6 Å². The highest BCUT2D eigenvalue weighted by Crippen LogP contribution is 2.36. The Bertz CT molecular complexity index is 373. The topological polar surface area (TPSA) is 53.1 Å². The molecule has 5 heteroatoms. The van der Waals surface area contributed by atoms with Gasteiger partial charge in [-0.1, -0.05) is 0 Å². The van der Waals surface area contributed by atoms with Crippen LogP contribution in [-0.4, -0.2) is 48.1 Å². The smallest absolute Gasteiger partial charge is 0.147 e. The van der Waals surface area contributed by atoms with Crippen molar-refractivity contribution in [2.75, 3.05) is 38.3 Å². The van der Waals surface area contributed by atoms with Crippen molar-refractivity contribution in [1.29, 1.82) is 0 Å². The van der Waals surface area contributed by atoms with Gasteiger partial charge < -0.3 is 15.5 Å². The molecule has 5 nitrogen and oxygen atoms in total. The third-order valence-electron chi connectivity index (χ3n) is 3.72. The van der Waals surface area contributed by atoms with Gasteiger partial charge in [-0.25, -0.2) is 4.98 Å². The summed E-state index contributed by atoms with van der Waals surface area (Å²) in [6.45, 7) is 0.932. The van der Waals surface area contributed by atoms with Crippen molar-refractivity contribution in [2.45, 2.75) is 24.8 Å². The Hall–Kier alpha value is -1.36. The molecule has 0 saturated heterocycles. The van der Waals surface area contributed by atoms with Crippen molar-refractivity contribution >= 4 is 11.6 Å². The van der Waals surface area contributed by atoms with Gasteiger partial charge in [0.1, 0.15) is 11.6 Å². The molecule has 2 rings (SSSR count). The molecule has 1 heterocycles. The van der Waals surface area contributed by atoms with Crippen LogP contribution in [0.1, 0.15) is 19.3 Å². The molecule has 1 aliphatic rings. The van der Waals surface area contributed by atoms with Crippen molar-refractivity contribution in [3.63, 3.8) is 0 Å². The number of anilines is 2. The van der Waals surface area contributed by atoms with Crippen LogP contribution in [-0.2, 0) is 0 Å². The maximum Gasteiger partial charge on any atom is 0.147 e. The van der Waals surface area contributed by atoms with E-state index in [2.05, 4.69) is 39.6 Å². The number of hydrogen-bond donors (Lipinski definition) is 2. The first-order chi connectivity index (χ1) is 8.16. The van der Waals surface area contributed by atoms with Crippen LogP contribution < -0.4 is 10.6 Å². The lowest BCUT2D eigenvalue weighted by molar-refractivity contribution is 0.0738. The molecule has 0 bridgehead atoms. The van der Waals surface area contributed by atoms with E-state index in [4.69, 9.17) is 0 Å². The Labute approximate surface area is 103 Å². The van der Waals surface area contributed by atoms with Crippen LogP contribution in [0, 0.1) is 0 Å². The quantitative estimate of drug-likeness (QED) is 0.808. The number of aromatic nitrogens is 2. The average molecular weight is 235 g/mol. The minimum absolute atomic E-state index is 0.303. The fraction of sp³-hybridized carbons (Fsp3) is 0.667. The van der Waals surface area contributed by atoms with Crippen molar-refractivity contribution in [1.82, 2.24) is 14.9 Å². The molecule has 94 valence electrons. The highest BCUT2D eigenvalue weighted by Gasteiger charge is 2.38. The number of rotatable bonds is 5. The zero-order chi connectivity index (χ0) is 12.3. The Morgan fingerprint density at radius 1 is 1.29 bits per heavy atom. The molecule has 1 saturated carbocycles. The zero-order valence-corrected chi connectivity index (χ0v) is 10.8. The Balaban J connectivity index is 1.97. The van der Waals surface area contributed by atoms with Gasteiger partial charge in [0.25, 0.3) is 0 Å². The van der Waals surface area contributed by atoms with E-state index in [0.29, 0.717) is 5.54 Å². The molecule has 1 aliphatic carbocycles. The van der Waals surface area contributed by atoms with Crippen LogP contribution in [0.25, 0.3) is 0 Å². The van der Waals surface area contributed by atoms with Gasteiger partial charge in [0.15, 0.2) is 0 Å². The second-order valence-electron chi connectivity index (χ2n) is 4.87. The first kappa shape index (κ1) is 12.1. The number of likely N-dealkylation sites (N-methyl/N-ethyl adjacent to an activating group) is 1. The lowest BCUT2D eigenvalue weighted by atomic mass is 9.75. The molecule has 0 aliphatic heterocycles. The minimum Gasteiger partial charge on any atom is -0.372 e. The van der Waals surface area contributed by atoms with E-state index in [1.165, 1.54) is 19.3 Å². The van der Waals surface area contributed by atoms with Crippen molar-refractivity contribution < 1.29 is 0 Å². The largest absolute Gasteiger partial charge is 0.372 e. The van der Waals surface area contributed by atoms with E-state index >= 15 is 0 Å². The van der Waals surface area contributed by atoms with Crippen LogP contribution >= 0.6 is 0 Å². The molecular formula is C12H21N5. The summed E-state index contributed by atoms with van der Waals surface area (Å²) in [6, 6.07) is 0. The van der Waals surface area contributed by atoms with E-state index in [1.54, 1.807) is 12.4 Å². The van der Waals surface area contributed by atoms with Gasteiger partial charge in [0.05, 0.1) is 12.4 Å². The summed E-state index contributed by atoms with van der Waals surface area (Å²) in [5.74, 6) is 1.63. The van der Waals surface area contributed by atoms with Crippen molar-refractivity contribution in [3.05, 3.63) is 12.4 Å². The molecule has 0 atom stereocenters. The lowest BCUT2D eigenvalue weighted by Gasteiger charge is -2.47. The van der Waals surface area contributed by atoms with Gasteiger partial charge in [-0.15, -0.1) is 0 Å². The average Bonchev–Trinajstić information content (AvgIpc) is 2.27. The summed E-state index contributed by atoms with van der Waals surface area (Å²) in [5.41, 5.74) is 0.303. The summed E-state index contributed by atoms with van der Waals surface area (Å²) in [4.78, 5) is 10.9. The van der Waals surface area contributed by atoms with Crippen LogP contribution in [0.2, 0.25) is 0 Å². The van der Waals surface area contributed by atoms with Crippen LogP contribution in [0.5, 0.6) is 0 Å². The van der Waals surface area contributed by atoms with E-state index in [1.807, 2.05) is 7.05 Å². The van der Waals surface area contributed by atoms with Crippen LogP contribution in [0.15, 0.2) is 12.4 Å². The van der Waals surface area contributed by atoms with Gasteiger partial charge in [-0.05, 0) is 33.4 Å². The Morgan fingerprint density at radius 2 is 2.00 bits per heavy atom. The number of hydrogen-bond acceptors (Lipinski definition) is 5. The summed E-state index contributed by atoms with van der Waals surface area (Å²) in [7, 11) is 6.15. The lowest BCUT2D eigenvalue weighted by Crippen LogP contribution is -2.54. The molecule has 1 fully saturated rings. The maximum absolute atomic E-state index is 4.41. The second kappa shape index (κ2) is 4.87. The first-order valence-corrected chi connectivity index (χ1v) is 6.07. The highest BCUT2D eigenvalue weighted by atomic mass is 15.2. The molecule has 17 heavy (non-hydrogen) atoms. The van der Waals surface area contributed by atoms with E-state index < -0.39 is 0 Å². The SMILES string of the molecule is CNc1cncc(NCC2(N(C)C)CCC2)n1. The molecule has 0 unspecified atom stereocenters. The maximum atomic E-state index is 4.41. The monoisotopic (exact) mass is 235 g/mol. The van der Waals surface area contributed by atoms with Gasteiger partial charge in [0.2, 0.25) is 0 Å². The fourth-order valence-corrected chi connectivity index (χ4v) is 2.19. The standard InChI is InChI=1S/C12H21N5/c1-13-10-7-14-8-11(16-10)15-9-12(17(2)3)5-4-6-12/h7-8H,4-6,9H2,1-3H3,(H2,13,15,16). The molecule has 0 spiro atoms. The molecular weight excluding hydrogens is 214 g/mol. The minimum atomic E-state index is 0.303. The zero-order valence-electron chi connectivity index (χ0n) is 10.8. The van der Waals surface area contributed by atoms with Gasteiger partial charge in [-0.2, -0.15) is 0 Å². The van der Waals surface area contributed by atoms with Crippen molar-refractivity contribution in [3.8, 4) is 0 Å². The fourth-order valence-electron chi connectivity index (χ4n) is 2.19. The van der Waals surface area contributed by atoms with Gasteiger partial charge in [-0.3, -0.25) is 4.98 Å². The molecule has 0 amide bonds. The normalized spacial score (nSPS) is 17.6. The van der Waals surface area contributed by atoms with Crippen molar-refractivity contribution in [2.24, 2.45) is 0 Å². The molecule has 1 aromatic heterocycles. The number of nitrogens with one attached hydrogen (secondary N) is 2. The first-order valence-electron chi connectivity index (χ1n) is 6.07. The molecule has 2 N–H and O–H groups in total. The predicted molar refractivity (Wildman–Crippen MR) is 70.3 cm³/mol. The summed E-state index contributed by atoms with van der Waals surface area (Å²) >= 11 is 0. The number of nitrogens with zero attached hydrogens (tertiary/aromatic N) is 3. The van der Waals surface area contributed by atoms with Gasteiger partial charge >= 0.3 is 0 Å². The summed E-state index contributed by atoms with van der Waals surface area (Å²) in [5, 5.41) is 6.38. The third kappa shape index (κ3) is 2.49. The molecule has 1 aromatic rings. The summed E-state index contributed by atoms with van der Waals surface area (Å²) < 4.78 is 0. The Kier molecular flexibility index (Phi) is 3.47. The highest BCUT2D eigenvalue weighted by molar-refractivity contribution is 5.41. The van der Waals surface area contributed by atoms with E-state index in [9.17, 15) is 0 Å². The second-order valence-corrected chi connectivity index (χ2v) is 4.87. The third-order valence-corrected chi connectivity index (χ3v) is 3.72. The molecule has 0 radical (unpaired) electrons. The Morgan fingerprint density at radius 3 is 2.53 bits per heavy atom. The summed E-state index contributed by atoms with van der Waals surface area (Å²) in [6.07, 6.45) is 7.32. The predicted octanol–water partition coefficient (Wildman–Crippen LogP) is 1.41. The van der Waals surface area contributed by atoms with Crippen LogP contribution in [0.3, 0.4) is 0 Å². The van der Waals surface area contributed by atoms with Gasteiger partial charge in [0, 0.05) is 19.1 Å². The van der Waals surface area contributed by atoms with E-state index in [0.717, 1.165) is 18.2 Å². The molecule has 0 aromatic carbocycles.